The van der Waals surface area contributed by atoms with Gasteiger partial charge in [-0.25, -0.2) is 0 Å². The van der Waals surface area contributed by atoms with Crippen LogP contribution in [0.3, 0.4) is 0 Å². The number of rotatable bonds is 7. The van der Waals surface area contributed by atoms with E-state index in [1.807, 2.05) is 6.92 Å². The van der Waals surface area contributed by atoms with Crippen LogP contribution in [0.5, 0.6) is 0 Å². The van der Waals surface area contributed by atoms with Crippen molar-refractivity contribution in [1.29, 1.82) is 0 Å². The first kappa shape index (κ1) is 13.6. The lowest BCUT2D eigenvalue weighted by Gasteiger charge is -2.12. The Bertz CT molecular complexity index is 193. The van der Waals surface area contributed by atoms with Gasteiger partial charge < -0.3 is 9.29 Å². The smallest absolute Gasteiger partial charge is 0.306 e. The molecule has 4 nitrogen and oxygen atoms in total. The maximum atomic E-state index is 11.0. The van der Waals surface area contributed by atoms with Gasteiger partial charge in [0, 0.05) is 5.75 Å². The molecule has 0 amide bonds. The third kappa shape index (κ3) is 8.19. The van der Waals surface area contributed by atoms with Gasteiger partial charge in [0.2, 0.25) is 0 Å². The first-order valence-electron chi connectivity index (χ1n) is 4.81. The fourth-order valence-electron chi connectivity index (χ4n) is 1.00. The first-order valence-corrected chi connectivity index (χ1v) is 6.06. The number of esters is 1. The molecule has 14 heavy (non-hydrogen) atoms. The van der Waals surface area contributed by atoms with E-state index >= 15 is 0 Å². The highest BCUT2D eigenvalue weighted by Gasteiger charge is 2.08. The molecule has 0 saturated heterocycles. The highest BCUT2D eigenvalue weighted by atomic mass is 32.2. The average molecular weight is 221 g/mol. The second-order valence-corrected chi connectivity index (χ2v) is 4.22. The summed E-state index contributed by atoms with van der Waals surface area (Å²) in [5, 5.41) is 0. The van der Waals surface area contributed by atoms with E-state index in [1.54, 1.807) is 0 Å². The third-order valence-electron chi connectivity index (χ3n) is 1.77. The number of carbonyl (C=O) groups excluding carboxylic acids is 1. The molecule has 0 aliphatic heterocycles. The van der Waals surface area contributed by atoms with Crippen molar-refractivity contribution in [2.75, 3.05) is 5.75 Å². The molecule has 0 heterocycles. The lowest BCUT2D eigenvalue weighted by Crippen LogP contribution is -2.16. The normalized spacial score (nSPS) is 14.8. The second-order valence-electron chi connectivity index (χ2n) is 3.20. The van der Waals surface area contributed by atoms with Crippen molar-refractivity contribution in [3.05, 3.63) is 0 Å². The molecule has 0 radical (unpaired) electrons. The van der Waals surface area contributed by atoms with Crippen molar-refractivity contribution in [3.63, 3.8) is 0 Å². The SMILES string of the molecule is CCCCC(C)OC(=O)CCS(=O)[O-]. The first-order chi connectivity index (χ1) is 6.56. The van der Waals surface area contributed by atoms with Crippen molar-refractivity contribution in [2.45, 2.75) is 45.6 Å². The predicted octanol–water partition coefficient (Wildman–Crippen LogP) is 1.38. The summed E-state index contributed by atoms with van der Waals surface area (Å²) in [7, 11) is 0. The van der Waals surface area contributed by atoms with E-state index in [-0.39, 0.29) is 18.3 Å². The Kier molecular flexibility index (Phi) is 7.70. The second kappa shape index (κ2) is 7.94. The molecule has 0 bridgehead atoms. The highest BCUT2D eigenvalue weighted by Crippen LogP contribution is 2.05. The molecule has 0 rings (SSSR count). The van der Waals surface area contributed by atoms with Crippen LogP contribution in [0.1, 0.15) is 39.5 Å². The number of ether oxygens (including phenoxy) is 1. The molecule has 0 spiro atoms. The van der Waals surface area contributed by atoms with Crippen LogP contribution in [0.2, 0.25) is 0 Å². The molecule has 0 aliphatic rings. The minimum absolute atomic E-state index is 0.0490. The molecule has 5 heteroatoms. The van der Waals surface area contributed by atoms with Gasteiger partial charge in [-0.15, -0.1) is 0 Å². The molecule has 2 atom stereocenters. The molecule has 0 aromatic heterocycles. The molecular formula is C9H17O4S-. The Morgan fingerprint density at radius 3 is 2.71 bits per heavy atom. The maximum Gasteiger partial charge on any atom is 0.306 e. The van der Waals surface area contributed by atoms with E-state index in [9.17, 15) is 13.6 Å². The summed E-state index contributed by atoms with van der Waals surface area (Å²) >= 11 is -2.16. The van der Waals surface area contributed by atoms with E-state index in [0.717, 1.165) is 19.3 Å². The van der Waals surface area contributed by atoms with Crippen molar-refractivity contribution in [3.8, 4) is 0 Å². The molecule has 2 unspecified atom stereocenters. The molecular weight excluding hydrogens is 204 g/mol. The summed E-state index contributed by atoms with van der Waals surface area (Å²) in [6.07, 6.45) is 2.76. The number of hydrogen-bond acceptors (Lipinski definition) is 4. The van der Waals surface area contributed by atoms with E-state index in [1.165, 1.54) is 0 Å². The third-order valence-corrected chi connectivity index (χ3v) is 2.31. The summed E-state index contributed by atoms with van der Waals surface area (Å²) in [5.74, 6) is -0.586. The van der Waals surface area contributed by atoms with E-state index in [0.29, 0.717) is 0 Å². The Balaban J connectivity index is 3.55. The molecule has 0 N–H and O–H groups in total. The van der Waals surface area contributed by atoms with Gasteiger partial charge in [0.05, 0.1) is 12.5 Å². The molecule has 0 saturated carbocycles. The van der Waals surface area contributed by atoms with E-state index in [4.69, 9.17) is 4.74 Å². The van der Waals surface area contributed by atoms with Crippen molar-refractivity contribution in [1.82, 2.24) is 0 Å². The van der Waals surface area contributed by atoms with Crippen LogP contribution in [0, 0.1) is 0 Å². The van der Waals surface area contributed by atoms with Crippen LogP contribution in [0.25, 0.3) is 0 Å². The molecule has 0 aromatic carbocycles. The van der Waals surface area contributed by atoms with Gasteiger partial charge in [-0.05, 0) is 13.3 Å². The van der Waals surface area contributed by atoms with Gasteiger partial charge in [0.25, 0.3) is 0 Å². The van der Waals surface area contributed by atoms with Crippen molar-refractivity contribution < 1.29 is 18.3 Å². The fourth-order valence-corrected chi connectivity index (χ4v) is 1.33. The molecule has 0 fully saturated rings. The standard InChI is InChI=1S/C9H18O4S/c1-3-4-5-8(2)13-9(10)6-7-14(11)12/h8H,3-7H2,1-2H3,(H,11,12)/p-1. The lowest BCUT2D eigenvalue weighted by molar-refractivity contribution is -0.148. The van der Waals surface area contributed by atoms with Crippen LogP contribution in [-0.4, -0.2) is 26.6 Å². The summed E-state index contributed by atoms with van der Waals surface area (Å²) in [6.45, 7) is 3.89. The lowest BCUT2D eigenvalue weighted by atomic mass is 10.2. The van der Waals surface area contributed by atoms with Crippen LogP contribution in [0.4, 0.5) is 0 Å². The summed E-state index contributed by atoms with van der Waals surface area (Å²) in [4.78, 5) is 11.0. The summed E-state index contributed by atoms with van der Waals surface area (Å²) in [5.41, 5.74) is 0. The Labute approximate surface area is 87.3 Å². The van der Waals surface area contributed by atoms with Gasteiger partial charge in [-0.2, -0.15) is 0 Å². The number of unbranched alkanes of at least 4 members (excludes halogenated alkanes) is 1. The molecule has 0 aliphatic carbocycles. The Morgan fingerprint density at radius 2 is 2.21 bits per heavy atom. The zero-order valence-electron chi connectivity index (χ0n) is 8.65. The average Bonchev–Trinajstić information content (AvgIpc) is 2.11. The quantitative estimate of drug-likeness (QED) is 0.481. The highest BCUT2D eigenvalue weighted by molar-refractivity contribution is 7.79. The number of carbonyl (C=O) groups is 1. The van der Waals surface area contributed by atoms with Gasteiger partial charge in [0.15, 0.2) is 0 Å². The number of hydrogen-bond donors (Lipinski definition) is 0. The van der Waals surface area contributed by atoms with Gasteiger partial charge >= 0.3 is 5.97 Å². The minimum Gasteiger partial charge on any atom is -0.772 e. The van der Waals surface area contributed by atoms with E-state index in [2.05, 4.69) is 6.92 Å². The van der Waals surface area contributed by atoms with Crippen molar-refractivity contribution in [2.24, 2.45) is 0 Å². The van der Waals surface area contributed by atoms with Crippen molar-refractivity contribution >= 4 is 17.0 Å². The molecule has 84 valence electrons. The largest absolute Gasteiger partial charge is 0.772 e. The zero-order valence-corrected chi connectivity index (χ0v) is 9.47. The van der Waals surface area contributed by atoms with E-state index < -0.39 is 17.0 Å². The maximum absolute atomic E-state index is 11.0. The topological polar surface area (TPSA) is 66.4 Å². The van der Waals surface area contributed by atoms with Gasteiger partial charge in [-0.3, -0.25) is 9.00 Å². The summed E-state index contributed by atoms with van der Waals surface area (Å²) < 4.78 is 25.3. The van der Waals surface area contributed by atoms with Crippen LogP contribution >= 0.6 is 0 Å². The van der Waals surface area contributed by atoms with Crippen LogP contribution in [0.15, 0.2) is 0 Å². The Hall–Kier alpha value is -0.420. The fraction of sp³-hybridized carbons (Fsp3) is 0.889. The predicted molar refractivity (Wildman–Crippen MR) is 53.5 cm³/mol. The Morgan fingerprint density at radius 1 is 1.57 bits per heavy atom. The monoisotopic (exact) mass is 221 g/mol. The molecule has 0 aromatic rings. The summed E-state index contributed by atoms with van der Waals surface area (Å²) in [6, 6.07) is 0. The van der Waals surface area contributed by atoms with Crippen LogP contribution in [-0.2, 0) is 20.6 Å². The minimum atomic E-state index is -2.16. The van der Waals surface area contributed by atoms with Gasteiger partial charge in [-0.1, -0.05) is 30.8 Å². The van der Waals surface area contributed by atoms with Crippen LogP contribution < -0.4 is 0 Å². The van der Waals surface area contributed by atoms with Gasteiger partial charge in [0.1, 0.15) is 0 Å². The zero-order chi connectivity index (χ0) is 11.0.